The number of nitrogens with zero attached hydrogens (tertiary/aromatic N) is 3. The normalized spacial score (nSPS) is 11.2. The van der Waals surface area contributed by atoms with Gasteiger partial charge in [0, 0.05) is 18.0 Å². The summed E-state index contributed by atoms with van der Waals surface area (Å²) in [5.74, 6) is 0.198. The fourth-order valence-electron chi connectivity index (χ4n) is 2.77. The van der Waals surface area contributed by atoms with Crippen LogP contribution in [0.5, 0.6) is 0 Å². The number of anilines is 1. The molecule has 0 saturated heterocycles. The highest BCUT2D eigenvalue weighted by molar-refractivity contribution is 6.43. The molecule has 0 unspecified atom stereocenters. The number of aromatic nitrogens is 4. The van der Waals surface area contributed by atoms with Crippen LogP contribution in [0.25, 0.3) is 33.1 Å². The summed E-state index contributed by atoms with van der Waals surface area (Å²) < 4.78 is 0. The van der Waals surface area contributed by atoms with E-state index in [0.717, 1.165) is 4.90 Å². The van der Waals surface area contributed by atoms with Gasteiger partial charge in [-0.15, -0.1) is 0 Å². The molecule has 0 aliphatic heterocycles. The highest BCUT2D eigenvalue weighted by Crippen LogP contribution is 2.32. The molecule has 0 radical (unpaired) electrons. The number of fused-ring (bicyclic) bond motifs is 2. The van der Waals surface area contributed by atoms with Gasteiger partial charge in [0.05, 0.1) is 32.2 Å². The number of benzene rings is 2. The van der Waals surface area contributed by atoms with Crippen LogP contribution in [0.4, 0.5) is 10.7 Å². The van der Waals surface area contributed by atoms with Crippen LogP contribution in [0.15, 0.2) is 35.1 Å². The van der Waals surface area contributed by atoms with Crippen molar-refractivity contribution >= 4 is 57.0 Å². The van der Waals surface area contributed by atoms with Crippen molar-refractivity contribution in [1.82, 2.24) is 20.2 Å². The lowest BCUT2D eigenvalue weighted by Gasteiger charge is -2.07. The summed E-state index contributed by atoms with van der Waals surface area (Å²) in [4.78, 5) is 31.4. The van der Waals surface area contributed by atoms with E-state index in [1.165, 1.54) is 13.1 Å². The van der Waals surface area contributed by atoms with E-state index in [-0.39, 0.29) is 16.5 Å². The van der Waals surface area contributed by atoms with E-state index in [9.17, 15) is 9.59 Å². The number of aromatic amines is 2. The van der Waals surface area contributed by atoms with E-state index in [1.807, 2.05) is 0 Å². The Morgan fingerprint density at radius 3 is 2.56 bits per heavy atom. The molecule has 0 saturated carbocycles. The quantitative estimate of drug-likeness (QED) is 0.469. The number of rotatable bonds is 2. The summed E-state index contributed by atoms with van der Waals surface area (Å²) in [7, 11) is 1.39. The second-order valence-electron chi connectivity index (χ2n) is 5.85. The molecule has 0 aliphatic carbocycles. The summed E-state index contributed by atoms with van der Waals surface area (Å²) >= 11 is 12.1. The molecule has 8 nitrogen and oxygen atoms in total. The smallest absolute Gasteiger partial charge is 0.413 e. The molecule has 0 spiro atoms. The van der Waals surface area contributed by atoms with Gasteiger partial charge in [-0.25, -0.2) is 14.9 Å². The average molecular weight is 404 g/mol. The Balaban J connectivity index is 1.92. The highest BCUT2D eigenvalue weighted by Gasteiger charge is 2.15. The monoisotopic (exact) mass is 403 g/mol. The first-order chi connectivity index (χ1) is 12.8. The van der Waals surface area contributed by atoms with Crippen molar-refractivity contribution in [1.29, 1.82) is 0 Å². The zero-order chi connectivity index (χ0) is 19.3. The Morgan fingerprint density at radius 2 is 1.85 bits per heavy atom. The number of nitrogens with one attached hydrogen (secondary N) is 2. The molecule has 1 amide bonds. The Morgan fingerprint density at radius 1 is 1.15 bits per heavy atom. The van der Waals surface area contributed by atoms with E-state index >= 15 is 0 Å². The molecule has 2 aromatic carbocycles. The molecule has 0 fully saturated rings. The molecule has 27 heavy (non-hydrogen) atoms. The van der Waals surface area contributed by atoms with Gasteiger partial charge in [-0.05, 0) is 24.3 Å². The van der Waals surface area contributed by atoms with Crippen LogP contribution in [-0.2, 0) is 0 Å². The molecule has 0 atom stereocenters. The fourth-order valence-corrected chi connectivity index (χ4v) is 3.10. The zero-order valence-electron chi connectivity index (χ0n) is 13.7. The summed E-state index contributed by atoms with van der Waals surface area (Å²) in [6.07, 6.45) is -1.13. The van der Waals surface area contributed by atoms with Crippen molar-refractivity contribution in [3.05, 3.63) is 50.7 Å². The molecule has 2 heterocycles. The van der Waals surface area contributed by atoms with Gasteiger partial charge in [-0.1, -0.05) is 29.3 Å². The molecule has 4 aromatic rings. The van der Waals surface area contributed by atoms with Crippen LogP contribution < -0.4 is 10.5 Å². The summed E-state index contributed by atoms with van der Waals surface area (Å²) in [5, 5.41) is 17.2. The number of hydrogen-bond acceptors (Lipinski definition) is 4. The minimum absolute atomic E-state index is 0.198. The standard InChI is InChI=1S/C17H11Cl2N5O3/c1-24(17(26)27)16-20-12-3-2-7(4-13(12)21-16)14-8-5-10(18)11(19)6-9(8)15(25)23-22-14/h2-6H,1H3,(H,20,21)(H,23,25)(H,26,27). The molecule has 3 N–H and O–H groups in total. The topological polar surface area (TPSA) is 115 Å². The van der Waals surface area contributed by atoms with Gasteiger partial charge in [-0.2, -0.15) is 5.10 Å². The molecular formula is C17H11Cl2N5O3. The largest absolute Gasteiger partial charge is 0.465 e. The average Bonchev–Trinajstić information content (AvgIpc) is 3.06. The second-order valence-corrected chi connectivity index (χ2v) is 6.66. The summed E-state index contributed by atoms with van der Waals surface area (Å²) in [5.41, 5.74) is 2.04. The maximum atomic E-state index is 12.1. The number of carbonyl (C=O) groups is 1. The van der Waals surface area contributed by atoms with Gasteiger partial charge < -0.3 is 10.1 Å². The SMILES string of the molecule is CN(C(=O)O)c1nc2ccc(-c3n[nH]c(=O)c4cc(Cl)c(Cl)cc34)cc2[nH]1. The number of halogens is 2. The van der Waals surface area contributed by atoms with Crippen LogP contribution in [0.3, 0.4) is 0 Å². The predicted molar refractivity (Wildman–Crippen MR) is 104 cm³/mol. The van der Waals surface area contributed by atoms with Crippen LogP contribution in [0, 0.1) is 0 Å². The summed E-state index contributed by atoms with van der Waals surface area (Å²) in [6.45, 7) is 0. The van der Waals surface area contributed by atoms with Crippen molar-refractivity contribution in [2.45, 2.75) is 0 Å². The van der Waals surface area contributed by atoms with E-state index in [0.29, 0.717) is 38.1 Å². The van der Waals surface area contributed by atoms with Gasteiger partial charge in [0.1, 0.15) is 0 Å². The number of imidazole rings is 1. The molecule has 10 heteroatoms. The molecule has 4 rings (SSSR count). The number of H-pyrrole nitrogens is 2. The second kappa shape index (κ2) is 6.26. The first kappa shape index (κ1) is 17.3. The van der Waals surface area contributed by atoms with E-state index in [2.05, 4.69) is 20.2 Å². The first-order valence-corrected chi connectivity index (χ1v) is 8.45. The van der Waals surface area contributed by atoms with E-state index in [4.69, 9.17) is 28.3 Å². The van der Waals surface area contributed by atoms with Crippen LogP contribution >= 0.6 is 23.2 Å². The third kappa shape index (κ3) is 2.88. The van der Waals surface area contributed by atoms with Gasteiger partial charge in [-0.3, -0.25) is 9.69 Å². The first-order valence-electron chi connectivity index (χ1n) is 7.69. The van der Waals surface area contributed by atoms with Crippen LogP contribution in [0.1, 0.15) is 0 Å². The van der Waals surface area contributed by atoms with Crippen molar-refractivity contribution in [2.24, 2.45) is 0 Å². The molecule has 2 aromatic heterocycles. The Kier molecular flexibility index (Phi) is 4.01. The Bertz CT molecular complexity index is 1280. The van der Waals surface area contributed by atoms with Gasteiger partial charge in [0.25, 0.3) is 5.56 Å². The third-order valence-electron chi connectivity index (χ3n) is 4.18. The Hall–Kier alpha value is -3.10. The van der Waals surface area contributed by atoms with Crippen LogP contribution in [0.2, 0.25) is 10.0 Å². The minimum atomic E-state index is -1.13. The van der Waals surface area contributed by atoms with Crippen molar-refractivity contribution in [2.75, 3.05) is 11.9 Å². The fraction of sp³-hybridized carbons (Fsp3) is 0.0588. The Labute approximate surface area is 161 Å². The van der Waals surface area contributed by atoms with Crippen molar-refractivity contribution in [3.63, 3.8) is 0 Å². The lowest BCUT2D eigenvalue weighted by Crippen LogP contribution is -2.24. The lowest BCUT2D eigenvalue weighted by atomic mass is 10.0. The highest BCUT2D eigenvalue weighted by atomic mass is 35.5. The maximum absolute atomic E-state index is 12.1. The van der Waals surface area contributed by atoms with Gasteiger partial charge in [0.15, 0.2) is 0 Å². The van der Waals surface area contributed by atoms with Crippen molar-refractivity contribution < 1.29 is 9.90 Å². The molecular weight excluding hydrogens is 393 g/mol. The predicted octanol–water partition coefficient (Wildman–Crippen LogP) is 3.89. The third-order valence-corrected chi connectivity index (χ3v) is 4.90. The zero-order valence-corrected chi connectivity index (χ0v) is 15.3. The van der Waals surface area contributed by atoms with Crippen LogP contribution in [-0.4, -0.2) is 38.4 Å². The lowest BCUT2D eigenvalue weighted by molar-refractivity contribution is 0.203. The number of amides is 1. The van der Waals surface area contributed by atoms with E-state index in [1.54, 1.807) is 24.3 Å². The molecule has 136 valence electrons. The number of hydrogen-bond donors (Lipinski definition) is 3. The van der Waals surface area contributed by atoms with Crippen molar-refractivity contribution in [3.8, 4) is 11.3 Å². The molecule has 0 aliphatic rings. The minimum Gasteiger partial charge on any atom is -0.465 e. The summed E-state index contributed by atoms with van der Waals surface area (Å²) in [6, 6.07) is 8.37. The van der Waals surface area contributed by atoms with Gasteiger partial charge in [0.2, 0.25) is 5.95 Å². The molecule has 0 bridgehead atoms. The van der Waals surface area contributed by atoms with E-state index < -0.39 is 6.09 Å². The maximum Gasteiger partial charge on any atom is 0.413 e. The number of carboxylic acid groups (broad SMARTS) is 1. The van der Waals surface area contributed by atoms with Gasteiger partial charge >= 0.3 is 6.09 Å².